The zero-order valence-corrected chi connectivity index (χ0v) is 6.46. The molecule has 2 heteroatoms. The Morgan fingerprint density at radius 2 is 2.10 bits per heavy atom. The van der Waals surface area contributed by atoms with Gasteiger partial charge in [0.1, 0.15) is 5.82 Å². The van der Waals surface area contributed by atoms with Gasteiger partial charge in [0, 0.05) is 18.3 Å². The highest BCUT2D eigenvalue weighted by Gasteiger charge is 1.92. The predicted molar refractivity (Wildman–Crippen MR) is 40.8 cm³/mol. The summed E-state index contributed by atoms with van der Waals surface area (Å²) in [6, 6.07) is 1.96. The Bertz CT molecular complexity index is 189. The Kier molecular flexibility index (Phi) is 2.37. The van der Waals surface area contributed by atoms with Gasteiger partial charge in [-0.25, -0.2) is 9.97 Å². The fourth-order valence-corrected chi connectivity index (χ4v) is 0.808. The van der Waals surface area contributed by atoms with Crippen LogP contribution in [-0.2, 0) is 12.8 Å². The van der Waals surface area contributed by atoms with E-state index in [0.717, 1.165) is 24.4 Å². The Morgan fingerprint density at radius 3 is 2.70 bits per heavy atom. The Morgan fingerprint density at radius 1 is 1.30 bits per heavy atom. The zero-order chi connectivity index (χ0) is 7.40. The van der Waals surface area contributed by atoms with E-state index in [-0.39, 0.29) is 0 Å². The standard InChI is InChI=1S/C8H12N2/c1-3-7-5-6-9-8(4-2)10-7/h5-6H,3-4H2,1-2H3. The van der Waals surface area contributed by atoms with Gasteiger partial charge in [-0.05, 0) is 12.5 Å². The third-order valence-corrected chi connectivity index (χ3v) is 1.44. The fraction of sp³-hybridized carbons (Fsp3) is 0.500. The van der Waals surface area contributed by atoms with E-state index >= 15 is 0 Å². The maximum atomic E-state index is 4.30. The molecular formula is C8H12N2. The van der Waals surface area contributed by atoms with Crippen molar-refractivity contribution in [2.24, 2.45) is 0 Å². The largest absolute Gasteiger partial charge is 0.241 e. The van der Waals surface area contributed by atoms with Crippen molar-refractivity contribution in [3.05, 3.63) is 23.8 Å². The van der Waals surface area contributed by atoms with Crippen molar-refractivity contribution >= 4 is 0 Å². The summed E-state index contributed by atoms with van der Waals surface area (Å²) < 4.78 is 0. The van der Waals surface area contributed by atoms with Gasteiger partial charge in [0.25, 0.3) is 0 Å². The maximum absolute atomic E-state index is 4.30. The van der Waals surface area contributed by atoms with Crippen LogP contribution in [0, 0.1) is 0 Å². The second-order valence-electron chi connectivity index (χ2n) is 2.17. The molecular weight excluding hydrogens is 124 g/mol. The summed E-state index contributed by atoms with van der Waals surface area (Å²) in [5, 5.41) is 0. The molecule has 0 radical (unpaired) electrons. The first-order chi connectivity index (χ1) is 4.86. The molecule has 0 aliphatic heterocycles. The SMILES string of the molecule is CCc1ccnc(CC)n1. The lowest BCUT2D eigenvalue weighted by atomic mass is 10.3. The molecule has 0 aliphatic carbocycles. The number of aryl methyl sites for hydroxylation is 2. The van der Waals surface area contributed by atoms with Gasteiger partial charge in [-0.1, -0.05) is 13.8 Å². The third-order valence-electron chi connectivity index (χ3n) is 1.44. The molecule has 0 amide bonds. The second kappa shape index (κ2) is 3.30. The van der Waals surface area contributed by atoms with Gasteiger partial charge in [0.15, 0.2) is 0 Å². The molecule has 0 saturated heterocycles. The number of aromatic nitrogens is 2. The summed E-state index contributed by atoms with van der Waals surface area (Å²) in [6.45, 7) is 4.16. The van der Waals surface area contributed by atoms with E-state index in [4.69, 9.17) is 0 Å². The van der Waals surface area contributed by atoms with E-state index < -0.39 is 0 Å². The van der Waals surface area contributed by atoms with Crippen LogP contribution >= 0.6 is 0 Å². The predicted octanol–water partition coefficient (Wildman–Crippen LogP) is 1.60. The van der Waals surface area contributed by atoms with E-state index in [1.54, 1.807) is 0 Å². The molecule has 0 N–H and O–H groups in total. The fourth-order valence-electron chi connectivity index (χ4n) is 0.808. The molecule has 2 nitrogen and oxygen atoms in total. The van der Waals surface area contributed by atoms with Gasteiger partial charge in [-0.2, -0.15) is 0 Å². The van der Waals surface area contributed by atoms with Crippen molar-refractivity contribution in [3.8, 4) is 0 Å². The quantitative estimate of drug-likeness (QED) is 0.617. The van der Waals surface area contributed by atoms with Crippen molar-refractivity contribution in [2.45, 2.75) is 26.7 Å². The summed E-state index contributed by atoms with van der Waals surface area (Å²) in [5.41, 5.74) is 1.13. The van der Waals surface area contributed by atoms with Crippen molar-refractivity contribution in [3.63, 3.8) is 0 Å². The number of rotatable bonds is 2. The minimum Gasteiger partial charge on any atom is -0.241 e. The molecule has 0 bridgehead atoms. The first kappa shape index (κ1) is 7.19. The van der Waals surface area contributed by atoms with Crippen molar-refractivity contribution < 1.29 is 0 Å². The molecule has 1 heterocycles. The summed E-state index contributed by atoms with van der Waals surface area (Å²) in [6.07, 6.45) is 3.74. The van der Waals surface area contributed by atoms with E-state index in [1.807, 2.05) is 12.3 Å². The molecule has 54 valence electrons. The molecule has 0 aliphatic rings. The van der Waals surface area contributed by atoms with E-state index in [2.05, 4.69) is 23.8 Å². The van der Waals surface area contributed by atoms with Crippen molar-refractivity contribution in [2.75, 3.05) is 0 Å². The molecule has 10 heavy (non-hydrogen) atoms. The van der Waals surface area contributed by atoms with Gasteiger partial charge in [-0.15, -0.1) is 0 Å². The van der Waals surface area contributed by atoms with Crippen molar-refractivity contribution in [1.29, 1.82) is 0 Å². The highest BCUT2D eigenvalue weighted by molar-refractivity contribution is 5.01. The van der Waals surface area contributed by atoms with Gasteiger partial charge in [-0.3, -0.25) is 0 Å². The van der Waals surface area contributed by atoms with Crippen LogP contribution in [0.4, 0.5) is 0 Å². The van der Waals surface area contributed by atoms with Crippen LogP contribution in [0.15, 0.2) is 12.3 Å². The first-order valence-electron chi connectivity index (χ1n) is 3.67. The van der Waals surface area contributed by atoms with Crippen LogP contribution in [0.5, 0.6) is 0 Å². The number of hydrogen-bond acceptors (Lipinski definition) is 2. The molecule has 0 aromatic carbocycles. The lowest BCUT2D eigenvalue weighted by Crippen LogP contribution is -1.95. The lowest BCUT2D eigenvalue weighted by Gasteiger charge is -1.96. The van der Waals surface area contributed by atoms with Crippen molar-refractivity contribution in [1.82, 2.24) is 9.97 Å². The first-order valence-corrected chi connectivity index (χ1v) is 3.67. The van der Waals surface area contributed by atoms with Gasteiger partial charge in [0.2, 0.25) is 0 Å². The second-order valence-corrected chi connectivity index (χ2v) is 2.17. The van der Waals surface area contributed by atoms with E-state index in [1.165, 1.54) is 0 Å². The Labute approximate surface area is 61.3 Å². The molecule has 1 rings (SSSR count). The van der Waals surface area contributed by atoms with E-state index in [9.17, 15) is 0 Å². The normalized spacial score (nSPS) is 9.80. The van der Waals surface area contributed by atoms with Gasteiger partial charge < -0.3 is 0 Å². The smallest absolute Gasteiger partial charge is 0.128 e. The molecule has 0 saturated carbocycles. The topological polar surface area (TPSA) is 25.8 Å². The minimum absolute atomic E-state index is 0.924. The average molecular weight is 136 g/mol. The molecule has 0 atom stereocenters. The molecule has 0 spiro atoms. The van der Waals surface area contributed by atoms with Crippen LogP contribution in [0.25, 0.3) is 0 Å². The highest BCUT2D eigenvalue weighted by Crippen LogP contribution is 1.95. The van der Waals surface area contributed by atoms with Crippen LogP contribution < -0.4 is 0 Å². The summed E-state index contributed by atoms with van der Waals surface area (Å²) in [7, 11) is 0. The lowest BCUT2D eigenvalue weighted by molar-refractivity contribution is 0.887. The number of nitrogens with zero attached hydrogens (tertiary/aromatic N) is 2. The minimum atomic E-state index is 0.924. The Balaban J connectivity index is 2.87. The molecule has 1 aromatic heterocycles. The van der Waals surface area contributed by atoms with Gasteiger partial charge >= 0.3 is 0 Å². The molecule has 1 aromatic rings. The summed E-state index contributed by atoms with van der Waals surface area (Å²) in [4.78, 5) is 8.39. The molecule has 0 unspecified atom stereocenters. The Hall–Kier alpha value is -0.920. The van der Waals surface area contributed by atoms with E-state index in [0.29, 0.717) is 0 Å². The van der Waals surface area contributed by atoms with Crippen LogP contribution in [0.1, 0.15) is 25.4 Å². The van der Waals surface area contributed by atoms with Gasteiger partial charge in [0.05, 0.1) is 0 Å². The monoisotopic (exact) mass is 136 g/mol. The molecule has 0 fully saturated rings. The average Bonchev–Trinajstić information content (AvgIpc) is 2.05. The van der Waals surface area contributed by atoms with Crippen LogP contribution in [-0.4, -0.2) is 9.97 Å². The van der Waals surface area contributed by atoms with Crippen LogP contribution in [0.2, 0.25) is 0 Å². The summed E-state index contributed by atoms with van der Waals surface area (Å²) in [5.74, 6) is 0.944. The summed E-state index contributed by atoms with van der Waals surface area (Å²) >= 11 is 0. The maximum Gasteiger partial charge on any atom is 0.128 e. The number of hydrogen-bond donors (Lipinski definition) is 0. The highest BCUT2D eigenvalue weighted by atomic mass is 14.9. The third kappa shape index (κ3) is 1.53. The van der Waals surface area contributed by atoms with Crippen LogP contribution in [0.3, 0.4) is 0 Å². The zero-order valence-electron chi connectivity index (χ0n) is 6.46.